The molecule has 0 aromatic heterocycles. The first-order valence-corrected chi connectivity index (χ1v) is 5.41. The van der Waals surface area contributed by atoms with Crippen molar-refractivity contribution in [1.29, 1.82) is 0 Å². The van der Waals surface area contributed by atoms with Gasteiger partial charge in [-0.3, -0.25) is 0 Å². The fourth-order valence-electron chi connectivity index (χ4n) is 1.20. The standard InChI is InChI=1S/C6H13NO3S/c1-6-5-10-4-3-7(6)11(2,8)9/h6H,3-5H2,1-2H3/t6-/m1/s1. The van der Waals surface area contributed by atoms with Crippen LogP contribution >= 0.6 is 0 Å². The number of nitrogens with zero attached hydrogens (tertiary/aromatic N) is 1. The second-order valence-corrected chi connectivity index (χ2v) is 4.73. The zero-order valence-electron chi connectivity index (χ0n) is 6.78. The first kappa shape index (κ1) is 8.96. The molecule has 4 nitrogen and oxygen atoms in total. The number of sulfonamides is 1. The van der Waals surface area contributed by atoms with Crippen LogP contribution in [0.4, 0.5) is 0 Å². The van der Waals surface area contributed by atoms with Crippen LogP contribution in [0.25, 0.3) is 0 Å². The Bertz CT molecular complexity index is 224. The Morgan fingerprint density at radius 2 is 2.18 bits per heavy atom. The van der Waals surface area contributed by atoms with Crippen molar-refractivity contribution in [3.63, 3.8) is 0 Å². The summed E-state index contributed by atoms with van der Waals surface area (Å²) >= 11 is 0. The highest BCUT2D eigenvalue weighted by molar-refractivity contribution is 7.88. The Hall–Kier alpha value is -0.130. The van der Waals surface area contributed by atoms with Crippen molar-refractivity contribution in [1.82, 2.24) is 4.31 Å². The molecule has 0 unspecified atom stereocenters. The third-order valence-electron chi connectivity index (χ3n) is 1.73. The van der Waals surface area contributed by atoms with Gasteiger partial charge in [0.15, 0.2) is 0 Å². The molecule has 0 saturated carbocycles. The summed E-state index contributed by atoms with van der Waals surface area (Å²) in [5.41, 5.74) is 0. The zero-order chi connectivity index (χ0) is 8.48. The minimum Gasteiger partial charge on any atom is -0.378 e. The molecule has 1 aliphatic rings. The van der Waals surface area contributed by atoms with Crippen LogP contribution in [0, 0.1) is 0 Å². The predicted molar refractivity (Wildman–Crippen MR) is 41.8 cm³/mol. The fourth-order valence-corrected chi connectivity index (χ4v) is 2.33. The van der Waals surface area contributed by atoms with Crippen molar-refractivity contribution in [3.8, 4) is 0 Å². The van der Waals surface area contributed by atoms with Gasteiger partial charge in [-0.2, -0.15) is 4.31 Å². The van der Waals surface area contributed by atoms with Crippen LogP contribution in [0.3, 0.4) is 0 Å². The van der Waals surface area contributed by atoms with Crippen molar-refractivity contribution in [3.05, 3.63) is 0 Å². The average Bonchev–Trinajstić information content (AvgIpc) is 1.86. The smallest absolute Gasteiger partial charge is 0.211 e. The van der Waals surface area contributed by atoms with E-state index >= 15 is 0 Å². The van der Waals surface area contributed by atoms with Gasteiger partial charge in [-0.15, -0.1) is 0 Å². The van der Waals surface area contributed by atoms with Gasteiger partial charge in [-0.25, -0.2) is 8.42 Å². The van der Waals surface area contributed by atoms with Gasteiger partial charge in [-0.1, -0.05) is 0 Å². The van der Waals surface area contributed by atoms with E-state index < -0.39 is 10.0 Å². The molecule has 1 aliphatic heterocycles. The van der Waals surface area contributed by atoms with Crippen LogP contribution in [0.5, 0.6) is 0 Å². The van der Waals surface area contributed by atoms with Crippen molar-refractivity contribution in [2.75, 3.05) is 26.0 Å². The van der Waals surface area contributed by atoms with Gasteiger partial charge < -0.3 is 4.74 Å². The molecular formula is C6H13NO3S. The lowest BCUT2D eigenvalue weighted by Crippen LogP contribution is -2.46. The Kier molecular flexibility index (Phi) is 2.51. The molecule has 66 valence electrons. The van der Waals surface area contributed by atoms with Gasteiger partial charge >= 0.3 is 0 Å². The Morgan fingerprint density at radius 3 is 2.55 bits per heavy atom. The summed E-state index contributed by atoms with van der Waals surface area (Å²) in [6.07, 6.45) is 1.23. The van der Waals surface area contributed by atoms with E-state index in [-0.39, 0.29) is 6.04 Å². The molecule has 11 heavy (non-hydrogen) atoms. The molecule has 0 aromatic rings. The van der Waals surface area contributed by atoms with Gasteiger partial charge in [0.1, 0.15) is 0 Å². The predicted octanol–water partition coefficient (Wildman–Crippen LogP) is -0.333. The molecule has 5 heteroatoms. The molecule has 0 amide bonds. The van der Waals surface area contributed by atoms with Gasteiger partial charge in [0.05, 0.1) is 19.5 Å². The molecule has 1 saturated heterocycles. The summed E-state index contributed by atoms with van der Waals surface area (Å²) in [6, 6.07) is -0.0150. The van der Waals surface area contributed by atoms with Crippen LogP contribution in [-0.4, -0.2) is 44.8 Å². The van der Waals surface area contributed by atoms with Crippen LogP contribution in [0.1, 0.15) is 6.92 Å². The van der Waals surface area contributed by atoms with Gasteiger partial charge in [0.25, 0.3) is 0 Å². The third-order valence-corrected chi connectivity index (χ3v) is 3.13. The van der Waals surface area contributed by atoms with Gasteiger partial charge in [0.2, 0.25) is 10.0 Å². The maximum atomic E-state index is 11.1. The maximum absolute atomic E-state index is 11.1. The van der Waals surface area contributed by atoms with Crippen molar-refractivity contribution >= 4 is 10.0 Å². The lowest BCUT2D eigenvalue weighted by Gasteiger charge is -2.30. The molecule has 0 radical (unpaired) electrons. The van der Waals surface area contributed by atoms with E-state index in [0.717, 1.165) is 0 Å². The van der Waals surface area contributed by atoms with E-state index in [0.29, 0.717) is 19.8 Å². The lowest BCUT2D eigenvalue weighted by molar-refractivity contribution is 0.0396. The Labute approximate surface area is 67.2 Å². The zero-order valence-corrected chi connectivity index (χ0v) is 7.60. The van der Waals surface area contributed by atoms with Crippen LogP contribution in [0.15, 0.2) is 0 Å². The molecule has 0 spiro atoms. The summed E-state index contributed by atoms with van der Waals surface area (Å²) in [4.78, 5) is 0. The molecule has 0 bridgehead atoms. The molecular weight excluding hydrogens is 166 g/mol. The Morgan fingerprint density at radius 1 is 1.55 bits per heavy atom. The highest BCUT2D eigenvalue weighted by Gasteiger charge is 2.25. The average molecular weight is 179 g/mol. The third kappa shape index (κ3) is 2.15. The Balaban J connectivity index is 2.70. The summed E-state index contributed by atoms with van der Waals surface area (Å²) in [7, 11) is -3.02. The topological polar surface area (TPSA) is 46.6 Å². The van der Waals surface area contributed by atoms with E-state index in [1.807, 2.05) is 6.92 Å². The maximum Gasteiger partial charge on any atom is 0.211 e. The number of rotatable bonds is 1. The summed E-state index contributed by atoms with van der Waals surface area (Å²) in [6.45, 7) is 3.35. The normalized spacial score (nSPS) is 28.7. The first-order valence-electron chi connectivity index (χ1n) is 3.56. The van der Waals surface area contributed by atoms with Crippen molar-refractivity contribution < 1.29 is 13.2 Å². The molecule has 1 rings (SSSR count). The lowest BCUT2D eigenvalue weighted by atomic mass is 10.3. The van der Waals surface area contributed by atoms with Crippen LogP contribution in [-0.2, 0) is 14.8 Å². The minimum atomic E-state index is -3.02. The van der Waals surface area contributed by atoms with E-state index in [1.54, 1.807) is 0 Å². The van der Waals surface area contributed by atoms with Crippen molar-refractivity contribution in [2.45, 2.75) is 13.0 Å². The quantitative estimate of drug-likeness (QED) is 0.553. The SMILES string of the molecule is C[C@@H]1COCCN1S(C)(=O)=O. The van der Waals surface area contributed by atoms with E-state index in [4.69, 9.17) is 4.74 Å². The molecule has 1 heterocycles. The highest BCUT2D eigenvalue weighted by atomic mass is 32.2. The number of ether oxygens (including phenoxy) is 1. The van der Waals surface area contributed by atoms with E-state index in [2.05, 4.69) is 0 Å². The van der Waals surface area contributed by atoms with Crippen LogP contribution in [0.2, 0.25) is 0 Å². The summed E-state index contributed by atoms with van der Waals surface area (Å²) < 4.78 is 28.7. The number of hydrogen-bond donors (Lipinski definition) is 0. The first-order chi connectivity index (χ1) is 5.02. The summed E-state index contributed by atoms with van der Waals surface area (Å²) in [5.74, 6) is 0. The second kappa shape index (κ2) is 3.08. The van der Waals surface area contributed by atoms with Crippen LogP contribution < -0.4 is 0 Å². The molecule has 0 aliphatic carbocycles. The molecule has 0 aromatic carbocycles. The largest absolute Gasteiger partial charge is 0.378 e. The van der Waals surface area contributed by atoms with Gasteiger partial charge in [-0.05, 0) is 6.92 Å². The molecule has 0 N–H and O–H groups in total. The summed E-state index contributed by atoms with van der Waals surface area (Å²) in [5, 5.41) is 0. The van der Waals surface area contributed by atoms with E-state index in [1.165, 1.54) is 10.6 Å². The fraction of sp³-hybridized carbons (Fsp3) is 1.00. The monoisotopic (exact) mass is 179 g/mol. The van der Waals surface area contributed by atoms with Gasteiger partial charge in [0, 0.05) is 12.6 Å². The van der Waals surface area contributed by atoms with E-state index in [9.17, 15) is 8.42 Å². The molecule has 1 atom stereocenters. The van der Waals surface area contributed by atoms with Crippen molar-refractivity contribution in [2.24, 2.45) is 0 Å². The minimum absolute atomic E-state index is 0.0150. The number of hydrogen-bond acceptors (Lipinski definition) is 3. The highest BCUT2D eigenvalue weighted by Crippen LogP contribution is 2.09. The second-order valence-electron chi connectivity index (χ2n) is 2.80. The number of morpholine rings is 1. The molecule has 1 fully saturated rings.